The number of benzene rings is 2. The summed E-state index contributed by atoms with van der Waals surface area (Å²) in [6.07, 6.45) is 2.90. The van der Waals surface area contributed by atoms with Crippen LogP contribution in [0.2, 0.25) is 0 Å². The molecule has 2 aromatic rings. The number of rotatable bonds is 11. The second-order valence-corrected chi connectivity index (χ2v) is 7.04. The Labute approximate surface area is 180 Å². The Bertz CT molecular complexity index is 930. The minimum atomic E-state index is -0.985. The van der Waals surface area contributed by atoms with Crippen molar-refractivity contribution in [3.63, 3.8) is 0 Å². The number of amides is 2. The lowest BCUT2D eigenvalue weighted by Gasteiger charge is -2.10. The molecule has 2 amide bonds. The number of ketones is 1. The van der Waals surface area contributed by atoms with Crippen molar-refractivity contribution in [2.24, 2.45) is 0 Å². The number of halogens is 2. The second-order valence-electron chi connectivity index (χ2n) is 7.04. The second kappa shape index (κ2) is 11.8. The molecule has 0 fully saturated rings. The predicted molar refractivity (Wildman–Crippen MR) is 114 cm³/mol. The molecule has 0 spiro atoms. The number of hydrogen-bond donors (Lipinski definition) is 2. The normalized spacial score (nSPS) is 10.5. The molecule has 0 saturated carbocycles. The molecule has 0 radical (unpaired) electrons. The van der Waals surface area contributed by atoms with E-state index >= 15 is 0 Å². The summed E-state index contributed by atoms with van der Waals surface area (Å²) in [6, 6.07) is 8.24. The van der Waals surface area contributed by atoms with Crippen molar-refractivity contribution in [2.45, 2.75) is 46.0 Å². The van der Waals surface area contributed by atoms with Gasteiger partial charge in [0, 0.05) is 31.4 Å². The van der Waals surface area contributed by atoms with Crippen LogP contribution in [-0.2, 0) is 9.59 Å². The summed E-state index contributed by atoms with van der Waals surface area (Å²) in [5.41, 5.74) is -0.0981. The minimum Gasteiger partial charge on any atom is -0.494 e. The summed E-state index contributed by atoms with van der Waals surface area (Å²) in [6.45, 7) is 3.91. The first-order valence-electron chi connectivity index (χ1n) is 10.1. The van der Waals surface area contributed by atoms with Crippen LogP contribution in [0.3, 0.4) is 0 Å². The topological polar surface area (TPSA) is 84.5 Å². The van der Waals surface area contributed by atoms with Crippen molar-refractivity contribution in [1.82, 2.24) is 0 Å². The summed E-state index contributed by atoms with van der Waals surface area (Å²) in [5.74, 6) is -2.66. The average Bonchev–Trinajstić information content (AvgIpc) is 2.73. The van der Waals surface area contributed by atoms with E-state index in [1.165, 1.54) is 6.92 Å². The molecule has 2 N–H and O–H groups in total. The maximum Gasteiger partial charge on any atom is 0.224 e. The van der Waals surface area contributed by atoms with Gasteiger partial charge in [-0.3, -0.25) is 14.4 Å². The van der Waals surface area contributed by atoms with Crippen LogP contribution in [0.25, 0.3) is 0 Å². The van der Waals surface area contributed by atoms with Gasteiger partial charge in [-0.25, -0.2) is 8.78 Å². The molecule has 0 unspecified atom stereocenters. The third-order valence-electron chi connectivity index (χ3n) is 4.41. The van der Waals surface area contributed by atoms with E-state index in [0.717, 1.165) is 25.3 Å². The molecular weight excluding hydrogens is 406 g/mol. The van der Waals surface area contributed by atoms with Crippen LogP contribution in [0.5, 0.6) is 5.75 Å². The van der Waals surface area contributed by atoms with Gasteiger partial charge in [0.05, 0.1) is 18.0 Å². The van der Waals surface area contributed by atoms with Gasteiger partial charge in [0.1, 0.15) is 17.4 Å². The molecule has 0 bridgehead atoms. The van der Waals surface area contributed by atoms with Crippen LogP contribution in [0, 0.1) is 11.6 Å². The molecule has 0 aromatic heterocycles. The third-order valence-corrected chi connectivity index (χ3v) is 4.41. The summed E-state index contributed by atoms with van der Waals surface area (Å²) >= 11 is 0. The highest BCUT2D eigenvalue weighted by molar-refractivity contribution is 6.00. The summed E-state index contributed by atoms with van der Waals surface area (Å²) in [4.78, 5) is 35.5. The number of carbonyl (C=O) groups excluding carboxylic acids is 3. The Morgan fingerprint density at radius 3 is 2.16 bits per heavy atom. The summed E-state index contributed by atoms with van der Waals surface area (Å²) in [7, 11) is 0. The zero-order valence-corrected chi connectivity index (χ0v) is 17.6. The number of ether oxygens (including phenoxy) is 1. The highest BCUT2D eigenvalue weighted by Crippen LogP contribution is 2.24. The van der Waals surface area contributed by atoms with Crippen molar-refractivity contribution < 1.29 is 27.9 Å². The van der Waals surface area contributed by atoms with E-state index in [2.05, 4.69) is 17.6 Å². The van der Waals surface area contributed by atoms with Gasteiger partial charge in [0.15, 0.2) is 5.78 Å². The number of anilines is 2. The molecular formula is C23H26F2N2O4. The van der Waals surface area contributed by atoms with Gasteiger partial charge in [-0.1, -0.05) is 19.8 Å². The van der Waals surface area contributed by atoms with E-state index in [1.807, 2.05) is 0 Å². The molecule has 166 valence electrons. The highest BCUT2D eigenvalue weighted by atomic mass is 19.1. The smallest absolute Gasteiger partial charge is 0.224 e. The van der Waals surface area contributed by atoms with Crippen LogP contribution in [0.1, 0.15) is 56.3 Å². The van der Waals surface area contributed by atoms with E-state index < -0.39 is 23.4 Å². The van der Waals surface area contributed by atoms with Crippen molar-refractivity contribution in [1.29, 1.82) is 0 Å². The van der Waals surface area contributed by atoms with E-state index in [9.17, 15) is 23.2 Å². The standard InChI is InChI=1S/C23H26F2N2O4/c1-3-4-5-12-31-17-8-6-16(7-9-17)22(29)10-11-23(30)27-21-14-20(26-15(2)28)18(24)13-19(21)25/h6-9,13-14H,3-5,10-12H2,1-2H3,(H,26,28)(H,27,30). The fourth-order valence-electron chi connectivity index (χ4n) is 2.79. The largest absolute Gasteiger partial charge is 0.494 e. The Balaban J connectivity index is 1.88. The molecule has 2 rings (SSSR count). The average molecular weight is 432 g/mol. The van der Waals surface area contributed by atoms with Crippen molar-refractivity contribution in [3.8, 4) is 5.75 Å². The number of unbranched alkanes of at least 4 members (excludes halogenated alkanes) is 2. The maximum absolute atomic E-state index is 13.9. The first kappa shape index (κ1) is 24.0. The van der Waals surface area contributed by atoms with E-state index in [4.69, 9.17) is 4.74 Å². The SMILES string of the molecule is CCCCCOc1ccc(C(=O)CCC(=O)Nc2cc(NC(C)=O)c(F)cc2F)cc1. The van der Waals surface area contributed by atoms with Gasteiger partial charge >= 0.3 is 0 Å². The molecule has 2 aromatic carbocycles. The monoisotopic (exact) mass is 432 g/mol. The zero-order valence-electron chi connectivity index (χ0n) is 17.6. The van der Waals surface area contributed by atoms with Gasteiger partial charge in [-0.2, -0.15) is 0 Å². The molecule has 8 heteroatoms. The molecule has 6 nitrogen and oxygen atoms in total. The molecule has 0 atom stereocenters. The van der Waals surface area contributed by atoms with Crippen LogP contribution in [0.4, 0.5) is 20.2 Å². The Morgan fingerprint density at radius 2 is 1.55 bits per heavy atom. The zero-order chi connectivity index (χ0) is 22.8. The fourth-order valence-corrected chi connectivity index (χ4v) is 2.79. The van der Waals surface area contributed by atoms with Crippen molar-refractivity contribution in [2.75, 3.05) is 17.2 Å². The number of carbonyl (C=O) groups is 3. The van der Waals surface area contributed by atoms with Crippen molar-refractivity contribution in [3.05, 3.63) is 53.6 Å². The van der Waals surface area contributed by atoms with Crippen LogP contribution in [-0.4, -0.2) is 24.2 Å². The Hall–Kier alpha value is -3.29. The number of nitrogens with one attached hydrogen (secondary N) is 2. The first-order chi connectivity index (χ1) is 14.8. The predicted octanol–water partition coefficient (Wildman–Crippen LogP) is 5.09. The van der Waals surface area contributed by atoms with Gasteiger partial charge in [-0.05, 0) is 36.8 Å². The quantitative estimate of drug-likeness (QED) is 0.382. The summed E-state index contributed by atoms with van der Waals surface area (Å²) < 4.78 is 33.2. The van der Waals surface area contributed by atoms with E-state index in [0.29, 0.717) is 24.0 Å². The number of Topliss-reactive ketones (excluding diaryl/α,β-unsaturated/α-hetero) is 1. The molecule has 0 aliphatic carbocycles. The van der Waals surface area contributed by atoms with E-state index in [1.54, 1.807) is 24.3 Å². The minimum absolute atomic E-state index is 0.0795. The molecule has 0 aliphatic rings. The van der Waals surface area contributed by atoms with Crippen LogP contribution >= 0.6 is 0 Å². The van der Waals surface area contributed by atoms with Crippen molar-refractivity contribution >= 4 is 29.0 Å². The number of hydrogen-bond acceptors (Lipinski definition) is 4. The third kappa shape index (κ3) is 7.81. The lowest BCUT2D eigenvalue weighted by atomic mass is 10.1. The first-order valence-corrected chi connectivity index (χ1v) is 10.1. The molecule has 0 aliphatic heterocycles. The lowest BCUT2D eigenvalue weighted by Crippen LogP contribution is -2.15. The van der Waals surface area contributed by atoms with Crippen LogP contribution in [0.15, 0.2) is 36.4 Å². The Kier molecular flexibility index (Phi) is 9.12. The van der Waals surface area contributed by atoms with Crippen LogP contribution < -0.4 is 15.4 Å². The van der Waals surface area contributed by atoms with Gasteiger partial charge in [0.25, 0.3) is 0 Å². The van der Waals surface area contributed by atoms with Gasteiger partial charge in [0.2, 0.25) is 11.8 Å². The van der Waals surface area contributed by atoms with E-state index in [-0.39, 0.29) is 30.0 Å². The van der Waals surface area contributed by atoms with Gasteiger partial charge in [-0.15, -0.1) is 0 Å². The highest BCUT2D eigenvalue weighted by Gasteiger charge is 2.15. The molecule has 0 heterocycles. The molecule has 31 heavy (non-hydrogen) atoms. The van der Waals surface area contributed by atoms with Gasteiger partial charge < -0.3 is 15.4 Å². The fraction of sp³-hybridized carbons (Fsp3) is 0.348. The molecule has 0 saturated heterocycles. The summed E-state index contributed by atoms with van der Waals surface area (Å²) in [5, 5.41) is 4.51. The lowest BCUT2D eigenvalue weighted by molar-refractivity contribution is -0.116. The Morgan fingerprint density at radius 1 is 0.903 bits per heavy atom. The maximum atomic E-state index is 13.9.